The number of rotatable bonds is 6. The first kappa shape index (κ1) is 23.4. The zero-order chi connectivity index (χ0) is 24.6. The average Bonchev–Trinajstić information content (AvgIpc) is 3.23. The van der Waals surface area contributed by atoms with E-state index in [2.05, 4.69) is 32.0 Å². The van der Waals surface area contributed by atoms with Gasteiger partial charge in [0.2, 0.25) is 0 Å². The van der Waals surface area contributed by atoms with Crippen molar-refractivity contribution < 1.29 is 9.53 Å². The van der Waals surface area contributed by atoms with E-state index in [-0.39, 0.29) is 12.0 Å². The molecule has 0 atom stereocenters. The van der Waals surface area contributed by atoms with Gasteiger partial charge in [0, 0.05) is 16.8 Å². The van der Waals surface area contributed by atoms with Crippen LogP contribution in [0.4, 0.5) is 4.79 Å². The van der Waals surface area contributed by atoms with Gasteiger partial charge in [0.1, 0.15) is 12.4 Å². The number of aromatic nitrogens is 3. The number of ether oxygens (including phenoxy) is 1. The first-order chi connectivity index (χ1) is 16.8. The SMILES string of the molecule is Cc1ccc(COC(=O)NC(C)(C)c2cccn3c(C4(c5ccc(Cl)cc5)CCC4)nnc23)cc1. The van der Waals surface area contributed by atoms with Crippen LogP contribution in [0.3, 0.4) is 0 Å². The van der Waals surface area contributed by atoms with Gasteiger partial charge in [-0.05, 0) is 62.9 Å². The summed E-state index contributed by atoms with van der Waals surface area (Å²) in [6, 6.07) is 19.9. The second-order valence-electron chi connectivity index (χ2n) is 9.89. The van der Waals surface area contributed by atoms with E-state index in [0.29, 0.717) is 0 Å². The van der Waals surface area contributed by atoms with Crippen LogP contribution >= 0.6 is 11.6 Å². The summed E-state index contributed by atoms with van der Waals surface area (Å²) in [5, 5.41) is 13.0. The highest BCUT2D eigenvalue weighted by Gasteiger charge is 2.44. The molecule has 1 aliphatic rings. The number of aryl methyl sites for hydroxylation is 1. The minimum absolute atomic E-state index is 0.187. The number of halogens is 1. The van der Waals surface area contributed by atoms with Crippen molar-refractivity contribution in [2.45, 2.75) is 57.6 Å². The summed E-state index contributed by atoms with van der Waals surface area (Å²) in [5.74, 6) is 0.917. The summed E-state index contributed by atoms with van der Waals surface area (Å²) in [6.45, 7) is 6.13. The van der Waals surface area contributed by atoms with Gasteiger partial charge in [-0.1, -0.05) is 66.0 Å². The molecule has 1 aliphatic carbocycles. The van der Waals surface area contributed by atoms with Crippen LogP contribution in [0.5, 0.6) is 0 Å². The molecule has 35 heavy (non-hydrogen) atoms. The average molecular weight is 489 g/mol. The highest BCUT2D eigenvalue weighted by Crippen LogP contribution is 2.48. The fourth-order valence-corrected chi connectivity index (χ4v) is 4.99. The Balaban J connectivity index is 1.40. The van der Waals surface area contributed by atoms with E-state index in [1.165, 1.54) is 11.1 Å². The number of alkyl carbamates (subject to hydrolysis) is 1. The van der Waals surface area contributed by atoms with Crippen molar-refractivity contribution in [3.05, 3.63) is 100.0 Å². The second kappa shape index (κ2) is 9.00. The summed E-state index contributed by atoms with van der Waals surface area (Å²) >= 11 is 6.14. The normalized spacial score (nSPS) is 15.0. The molecule has 0 saturated heterocycles. The Morgan fingerprint density at radius 2 is 1.80 bits per heavy atom. The van der Waals surface area contributed by atoms with Crippen LogP contribution in [0.2, 0.25) is 5.02 Å². The fourth-order valence-electron chi connectivity index (χ4n) is 4.86. The number of carbonyl (C=O) groups is 1. The molecule has 0 bridgehead atoms. The summed E-state index contributed by atoms with van der Waals surface area (Å²) in [5.41, 5.74) is 4.01. The molecule has 0 spiro atoms. The number of hydrogen-bond donors (Lipinski definition) is 1. The fraction of sp³-hybridized carbons (Fsp3) is 0.321. The maximum absolute atomic E-state index is 12.7. The van der Waals surface area contributed by atoms with Crippen molar-refractivity contribution in [2.75, 3.05) is 0 Å². The van der Waals surface area contributed by atoms with E-state index in [1.54, 1.807) is 0 Å². The molecule has 4 aromatic rings. The van der Waals surface area contributed by atoms with Crippen LogP contribution in [0.1, 0.15) is 61.2 Å². The van der Waals surface area contributed by atoms with E-state index in [0.717, 1.165) is 46.9 Å². The number of carbonyl (C=O) groups excluding carboxylic acids is 1. The van der Waals surface area contributed by atoms with Gasteiger partial charge in [-0.25, -0.2) is 4.79 Å². The van der Waals surface area contributed by atoms with E-state index in [9.17, 15) is 4.79 Å². The molecule has 0 unspecified atom stereocenters. The Bertz CT molecular complexity index is 1360. The summed E-state index contributed by atoms with van der Waals surface area (Å²) in [6.07, 6.45) is 4.67. The van der Waals surface area contributed by atoms with E-state index in [4.69, 9.17) is 16.3 Å². The van der Waals surface area contributed by atoms with E-state index < -0.39 is 11.6 Å². The lowest BCUT2D eigenvalue weighted by atomic mass is 9.64. The predicted molar refractivity (Wildman–Crippen MR) is 137 cm³/mol. The standard InChI is InChI=1S/C28H29ClN4O2/c1-19-7-9-20(10-8-19)18-35-26(34)30-27(2,3)23-6-4-17-33-24(23)31-32-25(33)28(15-5-16-28)21-11-13-22(29)14-12-21/h4,6-14,17H,5,15-16,18H2,1-3H3,(H,30,34). The van der Waals surface area contributed by atoms with Crippen LogP contribution < -0.4 is 5.32 Å². The molecule has 7 heteroatoms. The molecule has 1 saturated carbocycles. The lowest BCUT2D eigenvalue weighted by Crippen LogP contribution is -2.41. The molecule has 6 nitrogen and oxygen atoms in total. The highest BCUT2D eigenvalue weighted by molar-refractivity contribution is 6.30. The third-order valence-electron chi connectivity index (χ3n) is 7.05. The Kier molecular flexibility index (Phi) is 6.01. The second-order valence-corrected chi connectivity index (χ2v) is 10.3. The van der Waals surface area contributed by atoms with Crippen molar-refractivity contribution >= 4 is 23.3 Å². The number of nitrogens with one attached hydrogen (secondary N) is 1. The topological polar surface area (TPSA) is 68.5 Å². The van der Waals surface area contributed by atoms with Gasteiger partial charge in [0.15, 0.2) is 5.65 Å². The number of pyridine rings is 1. The van der Waals surface area contributed by atoms with Crippen molar-refractivity contribution in [2.24, 2.45) is 0 Å². The molecule has 1 amide bonds. The Morgan fingerprint density at radius 3 is 2.46 bits per heavy atom. The highest BCUT2D eigenvalue weighted by atomic mass is 35.5. The van der Waals surface area contributed by atoms with Crippen LogP contribution in [-0.2, 0) is 22.3 Å². The molecule has 0 aliphatic heterocycles. The molecular weight excluding hydrogens is 460 g/mol. The molecule has 2 aromatic carbocycles. The molecular formula is C28H29ClN4O2. The summed E-state index contributed by atoms with van der Waals surface area (Å²) in [4.78, 5) is 12.7. The molecule has 2 aromatic heterocycles. The number of hydrogen-bond acceptors (Lipinski definition) is 4. The van der Waals surface area contributed by atoms with Gasteiger partial charge in [-0.2, -0.15) is 0 Å². The first-order valence-corrected chi connectivity index (χ1v) is 12.3. The van der Waals surface area contributed by atoms with Gasteiger partial charge in [-0.15, -0.1) is 10.2 Å². The van der Waals surface area contributed by atoms with Gasteiger partial charge in [-0.3, -0.25) is 4.40 Å². The van der Waals surface area contributed by atoms with Crippen LogP contribution in [0, 0.1) is 6.92 Å². The maximum Gasteiger partial charge on any atom is 0.408 e. The van der Waals surface area contributed by atoms with E-state index >= 15 is 0 Å². The largest absolute Gasteiger partial charge is 0.445 e. The number of fused-ring (bicyclic) bond motifs is 1. The van der Waals surface area contributed by atoms with Gasteiger partial charge < -0.3 is 10.1 Å². The van der Waals surface area contributed by atoms with Gasteiger partial charge in [0.25, 0.3) is 0 Å². The third-order valence-corrected chi connectivity index (χ3v) is 7.30. The molecule has 0 radical (unpaired) electrons. The van der Waals surface area contributed by atoms with Crippen molar-refractivity contribution in [3.8, 4) is 0 Å². The van der Waals surface area contributed by atoms with E-state index in [1.807, 2.05) is 75.5 Å². The van der Waals surface area contributed by atoms with Crippen molar-refractivity contribution in [1.29, 1.82) is 0 Å². The predicted octanol–water partition coefficient (Wildman–Crippen LogP) is 6.32. The molecule has 5 rings (SSSR count). The first-order valence-electron chi connectivity index (χ1n) is 11.9. The van der Waals surface area contributed by atoms with Crippen molar-refractivity contribution in [1.82, 2.24) is 19.9 Å². The Hall–Kier alpha value is -3.38. The van der Waals surface area contributed by atoms with Crippen LogP contribution in [-0.4, -0.2) is 20.7 Å². The smallest absolute Gasteiger partial charge is 0.408 e. The van der Waals surface area contributed by atoms with Gasteiger partial charge in [0.05, 0.1) is 11.0 Å². The molecule has 1 N–H and O–H groups in total. The Labute approximate surface area is 210 Å². The maximum atomic E-state index is 12.7. The summed E-state index contributed by atoms with van der Waals surface area (Å²) < 4.78 is 7.55. The molecule has 2 heterocycles. The summed E-state index contributed by atoms with van der Waals surface area (Å²) in [7, 11) is 0. The van der Waals surface area contributed by atoms with Crippen molar-refractivity contribution in [3.63, 3.8) is 0 Å². The molecule has 180 valence electrons. The van der Waals surface area contributed by atoms with Crippen LogP contribution in [0.25, 0.3) is 5.65 Å². The Morgan fingerprint density at radius 1 is 1.09 bits per heavy atom. The monoisotopic (exact) mass is 488 g/mol. The number of amides is 1. The quantitative estimate of drug-likeness (QED) is 0.344. The minimum atomic E-state index is -0.718. The lowest BCUT2D eigenvalue weighted by Gasteiger charge is -2.41. The zero-order valence-electron chi connectivity index (χ0n) is 20.2. The number of benzene rings is 2. The zero-order valence-corrected chi connectivity index (χ0v) is 21.0. The molecule has 1 fully saturated rings. The van der Waals surface area contributed by atoms with Crippen LogP contribution in [0.15, 0.2) is 66.9 Å². The van der Waals surface area contributed by atoms with Gasteiger partial charge >= 0.3 is 6.09 Å². The number of nitrogens with zero attached hydrogens (tertiary/aromatic N) is 3. The lowest BCUT2D eigenvalue weighted by molar-refractivity contribution is 0.129. The minimum Gasteiger partial charge on any atom is -0.445 e. The third kappa shape index (κ3) is 4.39.